The summed E-state index contributed by atoms with van der Waals surface area (Å²) < 4.78 is 0. The summed E-state index contributed by atoms with van der Waals surface area (Å²) >= 11 is 6.12. The fourth-order valence-corrected chi connectivity index (χ4v) is 4.66. The Bertz CT molecular complexity index is 1300. The van der Waals surface area contributed by atoms with E-state index in [9.17, 15) is 15.3 Å². The molecule has 0 aromatic heterocycles. The van der Waals surface area contributed by atoms with E-state index in [2.05, 4.69) is 24.4 Å². The van der Waals surface area contributed by atoms with Gasteiger partial charge in [-0.2, -0.15) is 10.5 Å². The third kappa shape index (κ3) is 6.98. The lowest BCUT2D eigenvalue weighted by atomic mass is 9.79. The van der Waals surface area contributed by atoms with Crippen molar-refractivity contribution in [2.24, 2.45) is 5.41 Å². The summed E-state index contributed by atoms with van der Waals surface area (Å²) in [6.45, 7) is 5.95. The molecule has 6 heteroatoms. The Hall–Kier alpha value is -3.64. The van der Waals surface area contributed by atoms with Crippen LogP contribution in [0.25, 0.3) is 0 Å². The molecule has 1 amide bonds. The number of rotatable bonds is 9. The number of nitrogens with one attached hydrogen (secondary N) is 1. The lowest BCUT2D eigenvalue weighted by Gasteiger charge is -2.36. The molecule has 37 heavy (non-hydrogen) atoms. The van der Waals surface area contributed by atoms with E-state index in [0.29, 0.717) is 16.1 Å². The van der Waals surface area contributed by atoms with Gasteiger partial charge in [-0.05, 0) is 80.3 Å². The Morgan fingerprint density at radius 2 is 1.65 bits per heavy atom. The minimum atomic E-state index is -0.722. The van der Waals surface area contributed by atoms with Crippen LogP contribution in [0.15, 0.2) is 72.8 Å². The summed E-state index contributed by atoms with van der Waals surface area (Å²) in [7, 11) is 3.45. The molecular weight excluding hydrogens is 480 g/mol. The molecule has 3 aromatic rings. The molecule has 190 valence electrons. The van der Waals surface area contributed by atoms with Crippen molar-refractivity contribution in [3.8, 4) is 12.1 Å². The SMILES string of the molecule is CC(N[C@@H](c1ccc(C(=O)N(C)C)cc1)C(C)(C)C#N)C(Cc1ccc(Cl)cc1)c1cccc(C#N)c1. The lowest BCUT2D eigenvalue weighted by molar-refractivity contribution is 0.0827. The van der Waals surface area contributed by atoms with Crippen molar-refractivity contribution in [1.29, 1.82) is 10.5 Å². The second-order valence-electron chi connectivity index (χ2n) is 10.2. The van der Waals surface area contributed by atoms with Crippen LogP contribution in [-0.4, -0.2) is 30.9 Å². The quantitative estimate of drug-likeness (QED) is 0.354. The van der Waals surface area contributed by atoms with Gasteiger partial charge >= 0.3 is 0 Å². The van der Waals surface area contributed by atoms with Gasteiger partial charge < -0.3 is 10.2 Å². The molecule has 3 aromatic carbocycles. The van der Waals surface area contributed by atoms with Gasteiger partial charge in [-0.3, -0.25) is 4.79 Å². The monoisotopic (exact) mass is 512 g/mol. The number of nitriles is 2. The number of amides is 1. The van der Waals surface area contributed by atoms with Crippen LogP contribution in [0.2, 0.25) is 5.02 Å². The maximum Gasteiger partial charge on any atom is 0.253 e. The zero-order valence-electron chi connectivity index (χ0n) is 22.0. The minimum Gasteiger partial charge on any atom is -0.345 e. The van der Waals surface area contributed by atoms with Gasteiger partial charge in [0.1, 0.15) is 0 Å². The predicted molar refractivity (Wildman–Crippen MR) is 148 cm³/mol. The summed E-state index contributed by atoms with van der Waals surface area (Å²) in [5.41, 5.74) is 3.61. The summed E-state index contributed by atoms with van der Waals surface area (Å²) in [6.07, 6.45) is 0.732. The van der Waals surface area contributed by atoms with Gasteiger partial charge in [0.15, 0.2) is 0 Å². The van der Waals surface area contributed by atoms with Gasteiger partial charge in [0, 0.05) is 36.6 Å². The summed E-state index contributed by atoms with van der Waals surface area (Å²) in [5.74, 6) is -0.0366. The highest BCUT2D eigenvalue weighted by molar-refractivity contribution is 6.30. The molecule has 0 saturated heterocycles. The Morgan fingerprint density at radius 1 is 1.00 bits per heavy atom. The molecule has 0 spiro atoms. The summed E-state index contributed by atoms with van der Waals surface area (Å²) in [6, 6.07) is 27.3. The predicted octanol–water partition coefficient (Wildman–Crippen LogP) is 6.51. The molecule has 1 N–H and O–H groups in total. The number of carbonyl (C=O) groups is 1. The second kappa shape index (κ2) is 12.1. The molecule has 5 nitrogen and oxygen atoms in total. The van der Waals surface area contributed by atoms with Crippen molar-refractivity contribution in [2.45, 2.75) is 45.2 Å². The average molecular weight is 513 g/mol. The van der Waals surface area contributed by atoms with E-state index in [0.717, 1.165) is 23.1 Å². The smallest absolute Gasteiger partial charge is 0.253 e. The van der Waals surface area contributed by atoms with E-state index in [4.69, 9.17) is 11.6 Å². The lowest BCUT2D eigenvalue weighted by Crippen LogP contribution is -2.42. The number of hydrogen-bond acceptors (Lipinski definition) is 4. The first-order valence-corrected chi connectivity index (χ1v) is 12.7. The molecular formula is C31H33ClN4O. The molecule has 0 heterocycles. The van der Waals surface area contributed by atoms with Crippen LogP contribution in [0.4, 0.5) is 0 Å². The van der Waals surface area contributed by atoms with Crippen LogP contribution >= 0.6 is 11.6 Å². The van der Waals surface area contributed by atoms with Crippen LogP contribution < -0.4 is 5.32 Å². The zero-order valence-corrected chi connectivity index (χ0v) is 22.8. The fourth-order valence-electron chi connectivity index (χ4n) is 4.54. The van der Waals surface area contributed by atoms with Gasteiger partial charge in [-0.25, -0.2) is 0 Å². The third-order valence-corrected chi connectivity index (χ3v) is 7.00. The first kappa shape index (κ1) is 27.9. The Kier molecular flexibility index (Phi) is 9.11. The number of nitrogens with zero attached hydrogens (tertiary/aromatic N) is 3. The first-order chi connectivity index (χ1) is 17.6. The Balaban J connectivity index is 1.98. The maximum absolute atomic E-state index is 12.4. The van der Waals surface area contributed by atoms with Crippen molar-refractivity contribution in [3.63, 3.8) is 0 Å². The molecule has 3 rings (SSSR count). The second-order valence-corrected chi connectivity index (χ2v) is 10.7. The Morgan fingerprint density at radius 3 is 2.22 bits per heavy atom. The van der Waals surface area contributed by atoms with Crippen molar-refractivity contribution in [3.05, 3.63) is 106 Å². The van der Waals surface area contributed by atoms with Crippen LogP contribution in [0.1, 0.15) is 65.3 Å². The standard InChI is InChI=1S/C31H33ClN4O/c1-21(28(18-22-9-15-27(32)16-10-22)26-8-6-7-23(17-26)19-33)35-29(31(2,3)20-34)24-11-13-25(14-12-24)30(37)36(4)5/h6-17,21,28-29,35H,18H2,1-5H3/t21?,28?,29-/m0/s1. The molecule has 0 saturated carbocycles. The van der Waals surface area contributed by atoms with Crippen LogP contribution in [0, 0.1) is 28.1 Å². The number of benzene rings is 3. The average Bonchev–Trinajstić information content (AvgIpc) is 2.90. The normalized spacial score (nSPS) is 13.6. The van der Waals surface area contributed by atoms with Crippen LogP contribution in [0.5, 0.6) is 0 Å². The van der Waals surface area contributed by atoms with Crippen molar-refractivity contribution >= 4 is 17.5 Å². The van der Waals surface area contributed by atoms with E-state index < -0.39 is 5.41 Å². The molecule has 2 unspecified atom stereocenters. The van der Waals surface area contributed by atoms with Crippen LogP contribution in [-0.2, 0) is 6.42 Å². The van der Waals surface area contributed by atoms with Gasteiger partial charge in [0.2, 0.25) is 0 Å². The molecule has 0 aliphatic heterocycles. The van der Waals surface area contributed by atoms with E-state index in [1.165, 1.54) is 0 Å². The minimum absolute atomic E-state index is 0.0288. The molecule has 0 fully saturated rings. The summed E-state index contributed by atoms with van der Waals surface area (Å²) in [4.78, 5) is 13.9. The number of halogens is 1. The van der Waals surface area contributed by atoms with Gasteiger partial charge in [0.05, 0.1) is 29.2 Å². The highest BCUT2D eigenvalue weighted by Crippen LogP contribution is 2.36. The zero-order chi connectivity index (χ0) is 27.2. The van der Waals surface area contributed by atoms with Gasteiger partial charge in [-0.15, -0.1) is 0 Å². The van der Waals surface area contributed by atoms with Crippen molar-refractivity contribution in [1.82, 2.24) is 10.2 Å². The molecule has 0 radical (unpaired) electrons. The van der Waals surface area contributed by atoms with Crippen molar-refractivity contribution < 1.29 is 4.79 Å². The van der Waals surface area contributed by atoms with Crippen LogP contribution in [0.3, 0.4) is 0 Å². The van der Waals surface area contributed by atoms with E-state index in [-0.39, 0.29) is 23.9 Å². The Labute approximate surface area is 225 Å². The molecule has 0 aliphatic rings. The maximum atomic E-state index is 12.4. The molecule has 0 aliphatic carbocycles. The van der Waals surface area contributed by atoms with Gasteiger partial charge in [0.25, 0.3) is 5.91 Å². The molecule has 0 bridgehead atoms. The highest BCUT2D eigenvalue weighted by atomic mass is 35.5. The topological polar surface area (TPSA) is 79.9 Å². The molecule has 3 atom stereocenters. The highest BCUT2D eigenvalue weighted by Gasteiger charge is 2.34. The first-order valence-electron chi connectivity index (χ1n) is 12.3. The van der Waals surface area contributed by atoms with E-state index >= 15 is 0 Å². The summed E-state index contributed by atoms with van der Waals surface area (Å²) in [5, 5.41) is 23.9. The number of hydrogen-bond donors (Lipinski definition) is 1. The third-order valence-electron chi connectivity index (χ3n) is 6.75. The largest absolute Gasteiger partial charge is 0.345 e. The van der Waals surface area contributed by atoms with Crippen molar-refractivity contribution in [2.75, 3.05) is 14.1 Å². The van der Waals surface area contributed by atoms with E-state index in [1.54, 1.807) is 25.1 Å². The van der Waals surface area contributed by atoms with Gasteiger partial charge in [-0.1, -0.05) is 48.0 Å². The fraction of sp³-hybridized carbons (Fsp3) is 0.323. The number of carbonyl (C=O) groups excluding carboxylic acids is 1. The van der Waals surface area contributed by atoms with E-state index in [1.807, 2.05) is 80.6 Å².